The Labute approximate surface area is 196 Å². The molecule has 0 saturated heterocycles. The van der Waals surface area contributed by atoms with Crippen molar-refractivity contribution in [3.63, 3.8) is 0 Å². The summed E-state index contributed by atoms with van der Waals surface area (Å²) in [5, 5.41) is 0. The van der Waals surface area contributed by atoms with E-state index in [0.717, 1.165) is 28.9 Å². The highest BCUT2D eigenvalue weighted by atomic mass is 35.5. The molecule has 0 saturated carbocycles. The molecular weight excluding hydrogens is 410 g/mol. The van der Waals surface area contributed by atoms with Crippen LogP contribution < -0.4 is 4.90 Å². The lowest BCUT2D eigenvalue weighted by molar-refractivity contribution is 1.10. The molecule has 0 atom stereocenters. The molecule has 0 spiro atoms. The van der Waals surface area contributed by atoms with Gasteiger partial charge in [-0.15, -0.1) is 11.6 Å². The summed E-state index contributed by atoms with van der Waals surface area (Å²) in [6.45, 7) is 4.42. The van der Waals surface area contributed by atoms with Crippen LogP contribution in [0, 0.1) is 6.92 Å². The first kappa shape index (κ1) is 21.9. The first-order valence-electron chi connectivity index (χ1n) is 11.1. The van der Waals surface area contributed by atoms with Crippen molar-refractivity contribution in [2.75, 3.05) is 4.90 Å². The molecule has 0 N–H and O–H groups in total. The first-order chi connectivity index (χ1) is 15.7. The van der Waals surface area contributed by atoms with Gasteiger partial charge in [0, 0.05) is 11.6 Å². The van der Waals surface area contributed by atoms with Crippen LogP contribution in [0.5, 0.6) is 0 Å². The first-order valence-corrected chi connectivity index (χ1v) is 11.6. The molecule has 160 valence electrons. The molecule has 0 bridgehead atoms. The molecule has 0 fully saturated rings. The summed E-state index contributed by atoms with van der Waals surface area (Å²) in [6, 6.07) is 34.2. The number of hydrogen-bond donors (Lipinski definition) is 0. The van der Waals surface area contributed by atoms with Gasteiger partial charge < -0.3 is 4.90 Å². The Kier molecular flexibility index (Phi) is 7.09. The normalized spacial score (nSPS) is 11.1. The zero-order valence-corrected chi connectivity index (χ0v) is 19.4. The largest absolute Gasteiger partial charge is 0.309 e. The SMILES string of the molecule is CCc1cccc(C)c1N(c1ccccc1)c1ccccc1/C=C/c1ccc(CCl)cc1. The maximum absolute atomic E-state index is 5.94. The zero-order valence-electron chi connectivity index (χ0n) is 18.6. The molecule has 1 nitrogen and oxygen atoms in total. The highest BCUT2D eigenvalue weighted by Crippen LogP contribution is 2.40. The van der Waals surface area contributed by atoms with Crippen LogP contribution >= 0.6 is 11.6 Å². The molecule has 32 heavy (non-hydrogen) atoms. The van der Waals surface area contributed by atoms with Crippen LogP contribution in [0.15, 0.2) is 97.1 Å². The molecule has 0 aromatic heterocycles. The second-order valence-corrected chi connectivity index (χ2v) is 8.14. The average molecular weight is 438 g/mol. The number of rotatable bonds is 7. The number of hydrogen-bond acceptors (Lipinski definition) is 1. The zero-order chi connectivity index (χ0) is 22.3. The van der Waals surface area contributed by atoms with E-state index >= 15 is 0 Å². The monoisotopic (exact) mass is 437 g/mol. The number of halogens is 1. The van der Waals surface area contributed by atoms with E-state index in [1.165, 1.54) is 22.4 Å². The molecule has 4 rings (SSSR count). The van der Waals surface area contributed by atoms with Gasteiger partial charge in [0.25, 0.3) is 0 Å². The van der Waals surface area contributed by atoms with Crippen LogP contribution in [0.25, 0.3) is 12.2 Å². The highest BCUT2D eigenvalue weighted by Gasteiger charge is 2.19. The third kappa shape index (κ3) is 4.79. The fourth-order valence-electron chi connectivity index (χ4n) is 4.03. The molecular formula is C30H28ClN. The third-order valence-corrected chi connectivity index (χ3v) is 6.02. The lowest BCUT2D eigenvalue weighted by atomic mass is 10.0. The second-order valence-electron chi connectivity index (χ2n) is 7.87. The highest BCUT2D eigenvalue weighted by molar-refractivity contribution is 6.17. The van der Waals surface area contributed by atoms with E-state index < -0.39 is 0 Å². The summed E-state index contributed by atoms with van der Waals surface area (Å²) in [6.07, 6.45) is 5.34. The van der Waals surface area contributed by atoms with E-state index in [4.69, 9.17) is 11.6 Å². The van der Waals surface area contributed by atoms with Crippen LogP contribution in [0.3, 0.4) is 0 Å². The van der Waals surface area contributed by atoms with Crippen molar-refractivity contribution in [3.05, 3.63) is 125 Å². The van der Waals surface area contributed by atoms with Crippen molar-refractivity contribution < 1.29 is 0 Å². The molecule has 0 radical (unpaired) electrons. The van der Waals surface area contributed by atoms with E-state index in [1.54, 1.807) is 0 Å². The minimum atomic E-state index is 0.537. The minimum Gasteiger partial charge on any atom is -0.309 e. The lowest BCUT2D eigenvalue weighted by Crippen LogP contribution is -2.14. The summed E-state index contributed by atoms with van der Waals surface area (Å²) in [5.41, 5.74) is 9.64. The quantitative estimate of drug-likeness (QED) is 0.206. The van der Waals surface area contributed by atoms with Crippen molar-refractivity contribution in [3.8, 4) is 0 Å². The standard InChI is InChI=1S/C30H28ClN/c1-3-26-12-9-10-23(2)30(26)32(28-13-5-4-6-14-28)29-15-8-7-11-27(29)21-20-24-16-18-25(22-31)19-17-24/h4-21H,3,22H2,1-2H3/b21-20+. The van der Waals surface area contributed by atoms with E-state index in [1.807, 2.05) is 0 Å². The minimum absolute atomic E-state index is 0.537. The van der Waals surface area contributed by atoms with Gasteiger partial charge in [-0.2, -0.15) is 0 Å². The smallest absolute Gasteiger partial charge is 0.0534 e. The van der Waals surface area contributed by atoms with Crippen molar-refractivity contribution in [2.24, 2.45) is 0 Å². The number of aryl methyl sites for hydroxylation is 2. The number of anilines is 3. The predicted octanol–water partition coefficient (Wildman–Crippen LogP) is 8.94. The third-order valence-electron chi connectivity index (χ3n) is 5.71. The molecule has 0 aliphatic heterocycles. The van der Waals surface area contributed by atoms with Crippen LogP contribution in [0.2, 0.25) is 0 Å². The van der Waals surface area contributed by atoms with Crippen LogP contribution in [-0.4, -0.2) is 0 Å². The molecule has 0 aliphatic carbocycles. The van der Waals surface area contributed by atoms with Crippen molar-refractivity contribution >= 4 is 40.8 Å². The molecule has 0 unspecified atom stereocenters. The van der Waals surface area contributed by atoms with E-state index in [9.17, 15) is 0 Å². The van der Waals surface area contributed by atoms with Gasteiger partial charge in [-0.05, 0) is 59.4 Å². The van der Waals surface area contributed by atoms with Crippen LogP contribution in [0.4, 0.5) is 17.1 Å². The maximum atomic E-state index is 5.94. The summed E-state index contributed by atoms with van der Waals surface area (Å²) in [4.78, 5) is 2.39. The van der Waals surface area contributed by atoms with Crippen LogP contribution in [-0.2, 0) is 12.3 Å². The maximum Gasteiger partial charge on any atom is 0.0534 e. The Morgan fingerprint density at radius 3 is 2.19 bits per heavy atom. The van der Waals surface area contributed by atoms with E-state index in [2.05, 4.69) is 128 Å². The van der Waals surface area contributed by atoms with Gasteiger partial charge in [0.15, 0.2) is 0 Å². The molecule has 4 aromatic carbocycles. The van der Waals surface area contributed by atoms with Gasteiger partial charge in [0.05, 0.1) is 11.4 Å². The Hall–Kier alpha value is -3.29. The van der Waals surface area contributed by atoms with Crippen LogP contribution in [0.1, 0.15) is 34.7 Å². The van der Waals surface area contributed by atoms with Gasteiger partial charge in [-0.25, -0.2) is 0 Å². The fraction of sp³-hybridized carbons (Fsp3) is 0.133. The van der Waals surface area contributed by atoms with Gasteiger partial charge in [-0.1, -0.05) is 97.9 Å². The van der Waals surface area contributed by atoms with Gasteiger partial charge in [0.1, 0.15) is 0 Å². The Balaban J connectivity index is 1.84. The Morgan fingerprint density at radius 2 is 1.47 bits per heavy atom. The number of benzene rings is 4. The predicted molar refractivity (Wildman–Crippen MR) is 140 cm³/mol. The average Bonchev–Trinajstić information content (AvgIpc) is 2.85. The molecule has 0 aliphatic rings. The molecule has 0 amide bonds. The number of alkyl halides is 1. The molecule has 0 heterocycles. The molecule has 2 heteroatoms. The van der Waals surface area contributed by atoms with Crippen molar-refractivity contribution in [1.82, 2.24) is 0 Å². The van der Waals surface area contributed by atoms with E-state index in [-0.39, 0.29) is 0 Å². The van der Waals surface area contributed by atoms with Gasteiger partial charge in [0.2, 0.25) is 0 Å². The summed E-state index contributed by atoms with van der Waals surface area (Å²) in [5.74, 6) is 0.537. The number of nitrogens with zero attached hydrogens (tertiary/aromatic N) is 1. The topological polar surface area (TPSA) is 3.24 Å². The Morgan fingerprint density at radius 1 is 0.750 bits per heavy atom. The van der Waals surface area contributed by atoms with Crippen molar-refractivity contribution in [2.45, 2.75) is 26.1 Å². The van der Waals surface area contributed by atoms with E-state index in [0.29, 0.717) is 5.88 Å². The fourth-order valence-corrected chi connectivity index (χ4v) is 4.20. The van der Waals surface area contributed by atoms with Crippen molar-refractivity contribution in [1.29, 1.82) is 0 Å². The summed E-state index contributed by atoms with van der Waals surface area (Å²) >= 11 is 5.94. The number of para-hydroxylation sites is 3. The van der Waals surface area contributed by atoms with Gasteiger partial charge in [-0.3, -0.25) is 0 Å². The summed E-state index contributed by atoms with van der Waals surface area (Å²) < 4.78 is 0. The van der Waals surface area contributed by atoms with Gasteiger partial charge >= 0.3 is 0 Å². The molecule has 4 aromatic rings. The Bertz CT molecular complexity index is 1190. The summed E-state index contributed by atoms with van der Waals surface area (Å²) in [7, 11) is 0. The lowest BCUT2D eigenvalue weighted by Gasteiger charge is -2.30. The second kappa shape index (κ2) is 10.3.